The summed E-state index contributed by atoms with van der Waals surface area (Å²) in [6.07, 6.45) is 0. The lowest BCUT2D eigenvalue weighted by Crippen LogP contribution is -2.12. The molecule has 2 amide bonds. The highest BCUT2D eigenvalue weighted by Gasteiger charge is 2.17. The van der Waals surface area contributed by atoms with Crippen LogP contribution >= 0.6 is 11.3 Å². The van der Waals surface area contributed by atoms with E-state index in [2.05, 4.69) is 20.7 Å². The van der Waals surface area contributed by atoms with Crippen molar-refractivity contribution in [1.82, 2.24) is 14.8 Å². The fraction of sp³-hybridized carbons (Fsp3) is 0.222. The maximum atomic E-state index is 12.4. The molecule has 0 atom stereocenters. The molecule has 8 heteroatoms. The number of carbonyl (C=O) groups is 2. The Morgan fingerprint density at radius 2 is 1.69 bits per heavy atom. The molecule has 0 saturated heterocycles. The zero-order valence-corrected chi connectivity index (χ0v) is 15.8. The Labute approximate surface area is 155 Å². The quantitative estimate of drug-likeness (QED) is 0.738. The Balaban J connectivity index is 1.75. The van der Waals surface area contributed by atoms with Crippen molar-refractivity contribution in [2.45, 2.75) is 20.8 Å². The van der Waals surface area contributed by atoms with E-state index in [1.54, 1.807) is 29.6 Å². The number of hydrogen-bond acceptors (Lipinski definition) is 5. The van der Waals surface area contributed by atoms with Gasteiger partial charge in [0.25, 0.3) is 5.91 Å². The minimum absolute atomic E-state index is 0.141. The van der Waals surface area contributed by atoms with Crippen molar-refractivity contribution in [1.29, 1.82) is 0 Å². The highest BCUT2D eigenvalue weighted by molar-refractivity contribution is 7.13. The van der Waals surface area contributed by atoms with Gasteiger partial charge in [-0.15, -0.1) is 11.3 Å². The van der Waals surface area contributed by atoms with Crippen molar-refractivity contribution in [3.05, 3.63) is 46.7 Å². The molecule has 0 saturated carbocycles. The summed E-state index contributed by atoms with van der Waals surface area (Å²) in [5.41, 5.74) is 4.54. The Morgan fingerprint density at radius 3 is 2.23 bits per heavy atom. The number of aromatic nitrogens is 3. The van der Waals surface area contributed by atoms with Crippen molar-refractivity contribution in [3.8, 4) is 10.6 Å². The van der Waals surface area contributed by atoms with Crippen LogP contribution in [-0.4, -0.2) is 26.6 Å². The van der Waals surface area contributed by atoms with Crippen LogP contribution < -0.4 is 10.6 Å². The highest BCUT2D eigenvalue weighted by Crippen LogP contribution is 2.29. The lowest BCUT2D eigenvalue weighted by Gasteiger charge is -2.05. The summed E-state index contributed by atoms with van der Waals surface area (Å²) in [4.78, 5) is 27.9. The number of amides is 2. The number of rotatable bonds is 4. The Hall–Kier alpha value is -3.00. The van der Waals surface area contributed by atoms with Crippen LogP contribution in [0.15, 0.2) is 29.6 Å². The van der Waals surface area contributed by atoms with Gasteiger partial charge in [0.2, 0.25) is 5.91 Å². The molecule has 2 aromatic heterocycles. The number of nitrogens with one attached hydrogen (secondary N) is 2. The number of benzene rings is 1. The normalized spacial score (nSPS) is 10.6. The van der Waals surface area contributed by atoms with E-state index in [0.29, 0.717) is 17.1 Å². The van der Waals surface area contributed by atoms with Crippen LogP contribution in [0.3, 0.4) is 0 Å². The molecule has 0 unspecified atom stereocenters. The van der Waals surface area contributed by atoms with E-state index in [1.165, 1.54) is 18.3 Å². The van der Waals surface area contributed by atoms with Crippen molar-refractivity contribution >= 4 is 34.5 Å². The standard InChI is InChI=1S/C18H19N5O2S/c1-10-16(11(2)23(4)22-10)18-21-15(9-26-18)17(25)20-14-7-5-13(6-8-14)19-12(3)24/h5-9H,1-4H3,(H,19,24)(H,20,25). The maximum absolute atomic E-state index is 12.4. The third-order valence-electron chi connectivity index (χ3n) is 3.92. The molecule has 2 N–H and O–H groups in total. The molecule has 0 spiro atoms. The molecule has 2 heterocycles. The monoisotopic (exact) mass is 369 g/mol. The molecule has 0 aliphatic rings. The van der Waals surface area contributed by atoms with E-state index in [4.69, 9.17) is 0 Å². The first-order valence-electron chi connectivity index (χ1n) is 8.00. The Morgan fingerprint density at radius 1 is 1.08 bits per heavy atom. The summed E-state index contributed by atoms with van der Waals surface area (Å²) >= 11 is 1.42. The van der Waals surface area contributed by atoms with Crippen molar-refractivity contribution in [2.24, 2.45) is 7.05 Å². The molecule has 134 valence electrons. The van der Waals surface area contributed by atoms with E-state index < -0.39 is 0 Å². The third kappa shape index (κ3) is 3.65. The first-order chi connectivity index (χ1) is 12.3. The largest absolute Gasteiger partial charge is 0.326 e. The molecule has 3 aromatic rings. The van der Waals surface area contributed by atoms with Crippen LogP contribution in [0, 0.1) is 13.8 Å². The van der Waals surface area contributed by atoms with Crippen LogP contribution in [0.1, 0.15) is 28.8 Å². The van der Waals surface area contributed by atoms with E-state index in [-0.39, 0.29) is 11.8 Å². The average Bonchev–Trinajstić information content (AvgIpc) is 3.14. The number of carbonyl (C=O) groups excluding carboxylic acids is 2. The van der Waals surface area contributed by atoms with Gasteiger partial charge < -0.3 is 10.6 Å². The molecule has 26 heavy (non-hydrogen) atoms. The summed E-state index contributed by atoms with van der Waals surface area (Å²) in [7, 11) is 1.89. The topological polar surface area (TPSA) is 88.9 Å². The van der Waals surface area contributed by atoms with Gasteiger partial charge in [-0.25, -0.2) is 4.98 Å². The van der Waals surface area contributed by atoms with Gasteiger partial charge in [0.15, 0.2) is 0 Å². The van der Waals surface area contributed by atoms with E-state index in [9.17, 15) is 9.59 Å². The van der Waals surface area contributed by atoms with Crippen molar-refractivity contribution in [2.75, 3.05) is 10.6 Å². The molecule has 0 aliphatic heterocycles. The summed E-state index contributed by atoms with van der Waals surface area (Å²) in [6.45, 7) is 5.36. The number of thiazole rings is 1. The Bertz CT molecular complexity index is 972. The molecule has 1 aromatic carbocycles. The lowest BCUT2D eigenvalue weighted by molar-refractivity contribution is -0.114. The number of anilines is 2. The molecule has 7 nitrogen and oxygen atoms in total. The van der Waals surface area contributed by atoms with Gasteiger partial charge in [0, 0.05) is 36.4 Å². The fourth-order valence-electron chi connectivity index (χ4n) is 2.61. The second-order valence-corrected chi connectivity index (χ2v) is 6.78. The maximum Gasteiger partial charge on any atom is 0.275 e. The minimum atomic E-state index is -0.279. The first-order valence-corrected chi connectivity index (χ1v) is 8.88. The van der Waals surface area contributed by atoms with E-state index >= 15 is 0 Å². The number of nitrogens with zero attached hydrogens (tertiary/aromatic N) is 3. The van der Waals surface area contributed by atoms with E-state index in [0.717, 1.165) is 22.0 Å². The summed E-state index contributed by atoms with van der Waals surface area (Å²) in [5.74, 6) is -0.420. The second-order valence-electron chi connectivity index (χ2n) is 5.92. The van der Waals surface area contributed by atoms with Crippen molar-refractivity contribution in [3.63, 3.8) is 0 Å². The van der Waals surface area contributed by atoms with Gasteiger partial charge in [0.05, 0.1) is 11.3 Å². The molecule has 3 rings (SSSR count). The fourth-order valence-corrected chi connectivity index (χ4v) is 3.56. The summed E-state index contributed by atoms with van der Waals surface area (Å²) < 4.78 is 1.81. The SMILES string of the molecule is CC(=O)Nc1ccc(NC(=O)c2csc(-c3c(C)nn(C)c3C)n2)cc1. The van der Waals surface area contributed by atoms with Gasteiger partial charge in [-0.2, -0.15) is 5.10 Å². The van der Waals surface area contributed by atoms with Crippen LogP contribution in [0.25, 0.3) is 10.6 Å². The van der Waals surface area contributed by atoms with Gasteiger partial charge in [0.1, 0.15) is 10.7 Å². The van der Waals surface area contributed by atoms with Crippen LogP contribution in [0.5, 0.6) is 0 Å². The van der Waals surface area contributed by atoms with Gasteiger partial charge in [-0.1, -0.05) is 0 Å². The highest BCUT2D eigenvalue weighted by atomic mass is 32.1. The second kappa shape index (κ2) is 7.09. The van der Waals surface area contributed by atoms with Crippen LogP contribution in [0.2, 0.25) is 0 Å². The van der Waals surface area contributed by atoms with Gasteiger partial charge in [-0.05, 0) is 38.1 Å². The predicted molar refractivity (Wildman–Crippen MR) is 102 cm³/mol. The molecular formula is C18H19N5O2S. The summed E-state index contributed by atoms with van der Waals surface area (Å²) in [6, 6.07) is 6.91. The average molecular weight is 369 g/mol. The van der Waals surface area contributed by atoms with Gasteiger partial charge in [-0.3, -0.25) is 14.3 Å². The molecule has 0 aliphatic carbocycles. The minimum Gasteiger partial charge on any atom is -0.326 e. The van der Waals surface area contributed by atoms with Crippen LogP contribution in [-0.2, 0) is 11.8 Å². The van der Waals surface area contributed by atoms with Crippen LogP contribution in [0.4, 0.5) is 11.4 Å². The summed E-state index contributed by atoms with van der Waals surface area (Å²) in [5, 5.41) is 12.4. The van der Waals surface area contributed by atoms with E-state index in [1.807, 2.05) is 25.6 Å². The zero-order valence-electron chi connectivity index (χ0n) is 15.0. The smallest absolute Gasteiger partial charge is 0.275 e. The predicted octanol–water partition coefficient (Wildman–Crippen LogP) is 3.37. The van der Waals surface area contributed by atoms with Gasteiger partial charge >= 0.3 is 0 Å². The molecular weight excluding hydrogens is 350 g/mol. The molecule has 0 fully saturated rings. The first kappa shape index (κ1) is 17.8. The number of hydrogen-bond donors (Lipinski definition) is 2. The molecule has 0 radical (unpaired) electrons. The lowest BCUT2D eigenvalue weighted by atomic mass is 10.2. The van der Waals surface area contributed by atoms with Crippen molar-refractivity contribution < 1.29 is 9.59 Å². The molecule has 0 bridgehead atoms. The zero-order chi connectivity index (χ0) is 18.8. The number of aryl methyl sites for hydroxylation is 2. The third-order valence-corrected chi connectivity index (χ3v) is 4.78. The Kier molecular flexibility index (Phi) is 4.85.